The Bertz CT molecular complexity index is 829. The van der Waals surface area contributed by atoms with Crippen molar-refractivity contribution in [1.29, 1.82) is 0 Å². The largest absolute Gasteiger partial charge is 0.455 e. The quantitative estimate of drug-likeness (QED) is 0.0531. The van der Waals surface area contributed by atoms with Crippen molar-refractivity contribution in [1.82, 2.24) is 0 Å². The summed E-state index contributed by atoms with van der Waals surface area (Å²) < 4.78 is 11.1. The number of carbonyl (C=O) groups is 2. The van der Waals surface area contributed by atoms with Gasteiger partial charge < -0.3 is 29.9 Å². The molecule has 0 amide bonds. The third-order valence-corrected chi connectivity index (χ3v) is 9.52. The van der Waals surface area contributed by atoms with E-state index in [9.17, 15) is 30.0 Å². The minimum Gasteiger partial charge on any atom is -0.455 e. The molecule has 7 atom stereocenters. The van der Waals surface area contributed by atoms with Gasteiger partial charge in [0.1, 0.15) is 11.9 Å². The predicted octanol–water partition coefficient (Wildman–Crippen LogP) is 7.02. The van der Waals surface area contributed by atoms with Crippen LogP contribution in [0.25, 0.3) is 0 Å². The first kappa shape index (κ1) is 39.9. The fourth-order valence-electron chi connectivity index (χ4n) is 6.66. The fraction of sp³-hybridized carbons (Fsp3) is 0.892. The molecule has 0 radical (unpaired) electrons. The van der Waals surface area contributed by atoms with Gasteiger partial charge in [0.15, 0.2) is 0 Å². The number of esters is 1. The number of aliphatic hydroxyl groups excluding tert-OH is 4. The maximum Gasteiger partial charge on any atom is 0.334 e. The molecule has 4 N–H and O–H groups in total. The molecule has 2 aliphatic heterocycles. The Kier molecular flexibility index (Phi) is 21.2. The van der Waals surface area contributed by atoms with Gasteiger partial charge in [-0.2, -0.15) is 0 Å². The molecule has 0 aromatic heterocycles. The molecular formula is C37H66O8. The maximum atomic E-state index is 12.3. The van der Waals surface area contributed by atoms with Gasteiger partial charge in [-0.25, -0.2) is 4.79 Å². The molecule has 0 aliphatic carbocycles. The number of hydrogen-bond acceptors (Lipinski definition) is 8. The first-order valence-electron chi connectivity index (χ1n) is 18.5. The molecule has 2 aliphatic rings. The van der Waals surface area contributed by atoms with Crippen molar-refractivity contribution >= 4 is 11.8 Å². The molecule has 45 heavy (non-hydrogen) atoms. The number of carbonyl (C=O) groups excluding carboxylic acids is 2. The lowest BCUT2D eigenvalue weighted by Gasteiger charge is -2.22. The van der Waals surface area contributed by atoms with Crippen LogP contribution in [-0.4, -0.2) is 74.9 Å². The van der Waals surface area contributed by atoms with Gasteiger partial charge in [0.2, 0.25) is 0 Å². The third-order valence-electron chi connectivity index (χ3n) is 9.52. The van der Waals surface area contributed by atoms with E-state index < -0.39 is 18.3 Å². The van der Waals surface area contributed by atoms with Crippen molar-refractivity contribution in [3.63, 3.8) is 0 Å². The minimum atomic E-state index is -0.574. The number of Topliss-reactive ketones (excluding diaryl/α,β-unsaturated/α-hetero) is 1. The van der Waals surface area contributed by atoms with E-state index in [0.29, 0.717) is 44.1 Å². The Hall–Kier alpha value is -1.32. The highest BCUT2D eigenvalue weighted by Gasteiger charge is 2.34. The zero-order valence-electron chi connectivity index (χ0n) is 28.5. The molecule has 0 saturated carbocycles. The van der Waals surface area contributed by atoms with Crippen LogP contribution in [0.2, 0.25) is 0 Å². The lowest BCUT2D eigenvalue weighted by atomic mass is 9.99. The Morgan fingerprint density at radius 1 is 0.711 bits per heavy atom. The highest BCUT2D eigenvalue weighted by Crippen LogP contribution is 2.28. The molecule has 1 saturated heterocycles. The van der Waals surface area contributed by atoms with Gasteiger partial charge in [-0.1, -0.05) is 84.0 Å². The summed E-state index contributed by atoms with van der Waals surface area (Å²) in [6.45, 7) is 4.03. The van der Waals surface area contributed by atoms with Crippen molar-refractivity contribution < 1.29 is 39.5 Å². The second-order valence-corrected chi connectivity index (χ2v) is 13.8. The molecule has 0 aromatic carbocycles. The molecule has 2 rings (SSSR count). The fourth-order valence-corrected chi connectivity index (χ4v) is 6.66. The number of ketones is 1. The monoisotopic (exact) mass is 638 g/mol. The Morgan fingerprint density at radius 3 is 1.76 bits per heavy atom. The summed E-state index contributed by atoms with van der Waals surface area (Å²) in [5.74, 6) is -0.0926. The van der Waals surface area contributed by atoms with Crippen molar-refractivity contribution in [3.8, 4) is 0 Å². The third kappa shape index (κ3) is 18.0. The molecule has 2 heterocycles. The van der Waals surface area contributed by atoms with E-state index in [1.165, 1.54) is 38.5 Å². The topological polar surface area (TPSA) is 134 Å². The van der Waals surface area contributed by atoms with Crippen LogP contribution in [0.3, 0.4) is 0 Å². The van der Waals surface area contributed by atoms with Crippen LogP contribution in [0.15, 0.2) is 11.6 Å². The second-order valence-electron chi connectivity index (χ2n) is 13.8. The van der Waals surface area contributed by atoms with Crippen LogP contribution >= 0.6 is 0 Å². The molecule has 0 unspecified atom stereocenters. The first-order valence-corrected chi connectivity index (χ1v) is 18.5. The zero-order chi connectivity index (χ0) is 32.9. The Balaban J connectivity index is 1.42. The number of unbranched alkanes of at least 4 members (excludes halogenated alkanes) is 10. The van der Waals surface area contributed by atoms with E-state index >= 15 is 0 Å². The molecule has 8 nitrogen and oxygen atoms in total. The van der Waals surface area contributed by atoms with Gasteiger partial charge in [0, 0.05) is 24.8 Å². The highest BCUT2D eigenvalue weighted by atomic mass is 16.5. The second kappa shape index (κ2) is 23.9. The van der Waals surface area contributed by atoms with Gasteiger partial charge in [-0.15, -0.1) is 0 Å². The van der Waals surface area contributed by atoms with Gasteiger partial charge in [-0.3, -0.25) is 4.79 Å². The molecule has 1 fully saturated rings. The number of cyclic esters (lactones) is 1. The summed E-state index contributed by atoms with van der Waals surface area (Å²) in [7, 11) is 0. The van der Waals surface area contributed by atoms with Gasteiger partial charge in [0.25, 0.3) is 0 Å². The van der Waals surface area contributed by atoms with Crippen molar-refractivity contribution in [2.75, 3.05) is 0 Å². The minimum absolute atomic E-state index is 0.215. The maximum absolute atomic E-state index is 12.3. The predicted molar refractivity (Wildman–Crippen MR) is 178 cm³/mol. The van der Waals surface area contributed by atoms with Crippen LogP contribution in [-0.2, 0) is 19.1 Å². The highest BCUT2D eigenvalue weighted by molar-refractivity contribution is 5.90. The van der Waals surface area contributed by atoms with E-state index in [1.54, 1.807) is 13.0 Å². The van der Waals surface area contributed by atoms with E-state index in [1.807, 2.05) is 0 Å². The van der Waals surface area contributed by atoms with Crippen LogP contribution in [0.5, 0.6) is 0 Å². The zero-order valence-corrected chi connectivity index (χ0v) is 28.5. The summed E-state index contributed by atoms with van der Waals surface area (Å²) in [5, 5.41) is 41.7. The summed E-state index contributed by atoms with van der Waals surface area (Å²) >= 11 is 0. The molecule has 0 aromatic rings. The van der Waals surface area contributed by atoms with Gasteiger partial charge >= 0.3 is 5.97 Å². The average molecular weight is 639 g/mol. The van der Waals surface area contributed by atoms with Gasteiger partial charge in [0.05, 0.1) is 36.6 Å². The normalized spacial score (nSPS) is 22.7. The van der Waals surface area contributed by atoms with Crippen molar-refractivity contribution in [2.24, 2.45) is 0 Å². The number of rotatable bonds is 28. The Morgan fingerprint density at radius 2 is 1.18 bits per heavy atom. The molecule has 0 bridgehead atoms. The number of aliphatic hydroxyl groups is 4. The summed E-state index contributed by atoms with van der Waals surface area (Å²) in [5.41, 5.74) is 0.555. The van der Waals surface area contributed by atoms with E-state index in [0.717, 1.165) is 77.0 Å². The molecule has 262 valence electrons. The van der Waals surface area contributed by atoms with Crippen molar-refractivity contribution in [3.05, 3.63) is 11.6 Å². The molecule has 0 spiro atoms. The summed E-state index contributed by atoms with van der Waals surface area (Å²) in [4.78, 5) is 23.9. The van der Waals surface area contributed by atoms with Crippen molar-refractivity contribution in [2.45, 2.75) is 211 Å². The van der Waals surface area contributed by atoms with Crippen LogP contribution in [0.4, 0.5) is 0 Å². The van der Waals surface area contributed by atoms with Crippen LogP contribution in [0.1, 0.15) is 168 Å². The molecule has 8 heteroatoms. The smallest absolute Gasteiger partial charge is 0.334 e. The standard InChI is InChI=1S/C37H66O8/c1-3-4-5-6-7-8-10-17-30(38)19-13-15-22-33(41)35-24-25-36(45-35)34(42)23-16-14-20-31(39)18-11-9-12-21-32(40)27-29-26-28(2)44-37(29)43/h26,28,30,32-36,38,40-42H,3-25,27H2,1-2H3/t28-,30+,32+,33-,34+,35+,36+/m1/s1. The number of ether oxygens (including phenoxy) is 2. The number of hydrogen-bond donors (Lipinski definition) is 4. The Labute approximate surface area is 273 Å². The van der Waals surface area contributed by atoms with E-state index in [-0.39, 0.29) is 36.2 Å². The van der Waals surface area contributed by atoms with E-state index in [2.05, 4.69) is 6.92 Å². The summed E-state index contributed by atoms with van der Waals surface area (Å²) in [6.07, 6.45) is 20.2. The van der Waals surface area contributed by atoms with Crippen LogP contribution < -0.4 is 0 Å². The molecular weight excluding hydrogens is 572 g/mol. The lowest BCUT2D eigenvalue weighted by molar-refractivity contribution is -0.139. The SMILES string of the molecule is CCCCCCCCC[C@H](O)CCCC[C@@H](O)[C@@H]1CC[C@@H]([C@@H](O)CCCCC(=O)CCCCC[C@H](O)CC2=C[C@@H](C)OC2=O)O1. The summed E-state index contributed by atoms with van der Waals surface area (Å²) in [6, 6.07) is 0. The van der Waals surface area contributed by atoms with Gasteiger partial charge in [-0.05, 0) is 70.8 Å². The average Bonchev–Trinajstić information content (AvgIpc) is 3.63. The first-order chi connectivity index (χ1) is 21.7. The lowest BCUT2D eigenvalue weighted by Crippen LogP contribution is -2.31. The van der Waals surface area contributed by atoms with Crippen LogP contribution in [0, 0.1) is 0 Å². The van der Waals surface area contributed by atoms with E-state index in [4.69, 9.17) is 9.47 Å².